The Labute approximate surface area is 85.6 Å². The van der Waals surface area contributed by atoms with Gasteiger partial charge in [0.1, 0.15) is 0 Å². The van der Waals surface area contributed by atoms with Crippen molar-refractivity contribution in [1.29, 1.82) is 0 Å². The second-order valence-corrected chi connectivity index (χ2v) is 5.30. The molecule has 2 heterocycles. The van der Waals surface area contributed by atoms with E-state index in [1.54, 1.807) is 0 Å². The molecule has 2 rings (SSSR count). The predicted octanol–water partition coefficient (Wildman–Crippen LogP) is 1.82. The molecule has 0 saturated carbocycles. The highest BCUT2D eigenvalue weighted by molar-refractivity contribution is 7.99. The number of hydrogen-bond acceptors (Lipinski definition) is 3. The lowest BCUT2D eigenvalue weighted by Crippen LogP contribution is -2.46. The van der Waals surface area contributed by atoms with Crippen LogP contribution in [-0.4, -0.2) is 47.2 Å². The monoisotopic (exact) mass is 200 g/mol. The fourth-order valence-electron chi connectivity index (χ4n) is 2.26. The van der Waals surface area contributed by atoms with Gasteiger partial charge in [-0.3, -0.25) is 0 Å². The summed E-state index contributed by atoms with van der Waals surface area (Å²) in [6.07, 6.45) is 4.16. The van der Waals surface area contributed by atoms with Gasteiger partial charge in [-0.25, -0.2) is 10.0 Å². The molecular formula is C10H20N2S. The molecule has 0 amide bonds. The smallest absolute Gasteiger partial charge is 0.0227 e. The molecule has 0 spiro atoms. The number of nitrogens with zero attached hydrogens (tertiary/aromatic N) is 2. The van der Waals surface area contributed by atoms with Crippen molar-refractivity contribution in [2.75, 3.05) is 31.1 Å². The zero-order valence-corrected chi connectivity index (χ0v) is 9.35. The summed E-state index contributed by atoms with van der Waals surface area (Å²) in [7, 11) is 0. The molecule has 1 atom stereocenters. The van der Waals surface area contributed by atoms with E-state index < -0.39 is 0 Å². The topological polar surface area (TPSA) is 6.48 Å². The lowest BCUT2D eigenvalue weighted by atomic mass is 10.2. The molecule has 2 nitrogen and oxygen atoms in total. The lowest BCUT2D eigenvalue weighted by molar-refractivity contribution is -0.0304. The molecule has 2 fully saturated rings. The fraction of sp³-hybridized carbons (Fsp3) is 1.00. The maximum absolute atomic E-state index is 2.62. The van der Waals surface area contributed by atoms with Crippen molar-refractivity contribution in [3.05, 3.63) is 0 Å². The molecule has 2 saturated heterocycles. The summed E-state index contributed by atoms with van der Waals surface area (Å²) in [6, 6.07) is 0.771. The van der Waals surface area contributed by atoms with E-state index in [9.17, 15) is 0 Å². The third kappa shape index (κ3) is 2.39. The van der Waals surface area contributed by atoms with Crippen LogP contribution in [0.3, 0.4) is 0 Å². The number of rotatable bonds is 1. The van der Waals surface area contributed by atoms with Crippen LogP contribution in [0, 0.1) is 0 Å². The Balaban J connectivity index is 1.93. The Morgan fingerprint density at radius 2 is 1.85 bits per heavy atom. The largest absolute Gasteiger partial charge is 0.242 e. The van der Waals surface area contributed by atoms with Crippen molar-refractivity contribution < 1.29 is 0 Å². The molecule has 0 N–H and O–H groups in total. The highest BCUT2D eigenvalue weighted by atomic mass is 32.2. The van der Waals surface area contributed by atoms with Crippen molar-refractivity contribution in [1.82, 2.24) is 10.0 Å². The van der Waals surface area contributed by atoms with Gasteiger partial charge in [0.25, 0.3) is 0 Å². The van der Waals surface area contributed by atoms with E-state index in [0.29, 0.717) is 0 Å². The molecule has 1 unspecified atom stereocenters. The minimum atomic E-state index is 0.771. The Morgan fingerprint density at radius 3 is 2.62 bits per heavy atom. The summed E-state index contributed by atoms with van der Waals surface area (Å²) in [5, 5.41) is 5.20. The minimum absolute atomic E-state index is 0.771. The van der Waals surface area contributed by atoms with Crippen LogP contribution in [0.5, 0.6) is 0 Å². The number of thioether (sulfide) groups is 1. The minimum Gasteiger partial charge on any atom is -0.242 e. The van der Waals surface area contributed by atoms with Crippen molar-refractivity contribution in [2.45, 2.75) is 32.2 Å². The van der Waals surface area contributed by atoms with Crippen LogP contribution >= 0.6 is 11.8 Å². The molecule has 0 aromatic heterocycles. The highest BCUT2D eigenvalue weighted by Crippen LogP contribution is 2.20. The van der Waals surface area contributed by atoms with E-state index in [1.807, 2.05) is 0 Å². The van der Waals surface area contributed by atoms with Gasteiger partial charge >= 0.3 is 0 Å². The number of hydrogen-bond donors (Lipinski definition) is 0. The fourth-order valence-corrected chi connectivity index (χ4v) is 3.29. The van der Waals surface area contributed by atoms with Crippen LogP contribution in [0.2, 0.25) is 0 Å². The van der Waals surface area contributed by atoms with Crippen LogP contribution in [0.25, 0.3) is 0 Å². The maximum Gasteiger partial charge on any atom is 0.0227 e. The van der Waals surface area contributed by atoms with Gasteiger partial charge in [0.15, 0.2) is 0 Å². The van der Waals surface area contributed by atoms with E-state index in [1.165, 1.54) is 50.4 Å². The molecule has 0 aromatic carbocycles. The molecular weight excluding hydrogens is 180 g/mol. The van der Waals surface area contributed by atoms with Crippen molar-refractivity contribution >= 4 is 11.8 Å². The molecule has 0 aliphatic carbocycles. The third-order valence-electron chi connectivity index (χ3n) is 3.10. The van der Waals surface area contributed by atoms with Crippen LogP contribution in [0.4, 0.5) is 0 Å². The summed E-state index contributed by atoms with van der Waals surface area (Å²) in [5.74, 6) is 2.67. The normalized spacial score (nSPS) is 33.5. The molecule has 0 radical (unpaired) electrons. The van der Waals surface area contributed by atoms with Gasteiger partial charge in [-0.1, -0.05) is 0 Å². The van der Waals surface area contributed by atoms with Gasteiger partial charge in [-0.15, -0.1) is 0 Å². The van der Waals surface area contributed by atoms with Gasteiger partial charge in [0.05, 0.1) is 0 Å². The first-order chi connectivity index (χ1) is 6.38. The Morgan fingerprint density at radius 1 is 1.08 bits per heavy atom. The summed E-state index contributed by atoms with van der Waals surface area (Å²) >= 11 is 2.11. The van der Waals surface area contributed by atoms with Crippen molar-refractivity contribution in [2.24, 2.45) is 0 Å². The Bertz CT molecular complexity index is 157. The highest BCUT2D eigenvalue weighted by Gasteiger charge is 2.24. The Kier molecular flexibility index (Phi) is 3.52. The van der Waals surface area contributed by atoms with Gasteiger partial charge in [0, 0.05) is 31.4 Å². The summed E-state index contributed by atoms with van der Waals surface area (Å²) in [4.78, 5) is 0. The summed E-state index contributed by atoms with van der Waals surface area (Å²) < 4.78 is 0. The molecule has 0 bridgehead atoms. The molecule has 2 aliphatic rings. The van der Waals surface area contributed by atoms with Gasteiger partial charge in [-0.05, 0) is 31.9 Å². The SMILES string of the molecule is CC1CCSCCN1N1CCCC1. The zero-order chi connectivity index (χ0) is 9.10. The first-order valence-corrected chi connectivity index (χ1v) is 6.62. The van der Waals surface area contributed by atoms with Crippen LogP contribution in [0.1, 0.15) is 26.2 Å². The van der Waals surface area contributed by atoms with E-state index in [2.05, 4.69) is 28.7 Å². The molecule has 3 heteroatoms. The van der Waals surface area contributed by atoms with E-state index in [4.69, 9.17) is 0 Å². The van der Waals surface area contributed by atoms with E-state index in [-0.39, 0.29) is 0 Å². The first-order valence-electron chi connectivity index (χ1n) is 5.47. The second kappa shape index (κ2) is 4.67. The molecule has 76 valence electrons. The average molecular weight is 200 g/mol. The molecule has 13 heavy (non-hydrogen) atoms. The Hall–Kier alpha value is 0.270. The lowest BCUT2D eigenvalue weighted by Gasteiger charge is -2.35. The van der Waals surface area contributed by atoms with Crippen LogP contribution < -0.4 is 0 Å². The first kappa shape index (κ1) is 9.81. The third-order valence-corrected chi connectivity index (χ3v) is 4.09. The number of hydrazine groups is 1. The van der Waals surface area contributed by atoms with E-state index >= 15 is 0 Å². The van der Waals surface area contributed by atoms with Crippen LogP contribution in [0.15, 0.2) is 0 Å². The van der Waals surface area contributed by atoms with Crippen molar-refractivity contribution in [3.8, 4) is 0 Å². The predicted molar refractivity (Wildman–Crippen MR) is 58.9 cm³/mol. The second-order valence-electron chi connectivity index (χ2n) is 4.07. The standard InChI is InChI=1S/C10H20N2S/c1-10-4-8-13-9-7-12(10)11-5-2-3-6-11/h10H,2-9H2,1H3. The quantitative estimate of drug-likeness (QED) is 0.637. The van der Waals surface area contributed by atoms with Gasteiger partial charge in [0.2, 0.25) is 0 Å². The van der Waals surface area contributed by atoms with E-state index in [0.717, 1.165) is 6.04 Å². The molecule has 2 aliphatic heterocycles. The van der Waals surface area contributed by atoms with Crippen LogP contribution in [-0.2, 0) is 0 Å². The summed E-state index contributed by atoms with van der Waals surface area (Å²) in [6.45, 7) is 6.25. The maximum atomic E-state index is 2.62. The average Bonchev–Trinajstić information content (AvgIpc) is 2.56. The zero-order valence-electron chi connectivity index (χ0n) is 8.54. The van der Waals surface area contributed by atoms with Gasteiger partial charge < -0.3 is 0 Å². The van der Waals surface area contributed by atoms with Gasteiger partial charge in [-0.2, -0.15) is 11.8 Å². The molecule has 0 aromatic rings. The van der Waals surface area contributed by atoms with Crippen molar-refractivity contribution in [3.63, 3.8) is 0 Å². The summed E-state index contributed by atoms with van der Waals surface area (Å²) in [5.41, 5.74) is 0.